The average Bonchev–Trinajstić information content (AvgIpc) is 2.46. The van der Waals surface area contributed by atoms with Gasteiger partial charge in [0.15, 0.2) is 0 Å². The lowest BCUT2D eigenvalue weighted by Gasteiger charge is -2.28. The third kappa shape index (κ3) is 4.05. The van der Waals surface area contributed by atoms with Gasteiger partial charge in [-0.2, -0.15) is 0 Å². The highest BCUT2D eigenvalue weighted by molar-refractivity contribution is 5.73. The van der Waals surface area contributed by atoms with Gasteiger partial charge in [0.25, 0.3) is 0 Å². The maximum absolute atomic E-state index is 10.9. The van der Waals surface area contributed by atoms with Gasteiger partial charge >= 0.3 is 0 Å². The van der Waals surface area contributed by atoms with E-state index in [0.717, 1.165) is 17.2 Å². The highest BCUT2D eigenvalue weighted by Crippen LogP contribution is 2.37. The number of rotatable bonds is 3. The second-order valence-electron chi connectivity index (χ2n) is 3.92. The van der Waals surface area contributed by atoms with Crippen molar-refractivity contribution in [3.8, 4) is 11.5 Å². The van der Waals surface area contributed by atoms with E-state index in [0.29, 0.717) is 13.2 Å². The van der Waals surface area contributed by atoms with Crippen LogP contribution in [0.2, 0.25) is 0 Å². The summed E-state index contributed by atoms with van der Waals surface area (Å²) in [5.74, 6) is 1.48. The summed E-state index contributed by atoms with van der Waals surface area (Å²) >= 11 is 0. The molecule has 0 radical (unpaired) electrons. The molecule has 0 aromatic heterocycles. The van der Waals surface area contributed by atoms with Gasteiger partial charge in [0.1, 0.15) is 23.8 Å². The van der Waals surface area contributed by atoms with Gasteiger partial charge in [-0.05, 0) is 12.1 Å². The third-order valence-corrected chi connectivity index (χ3v) is 2.59. The molecule has 1 aromatic rings. The van der Waals surface area contributed by atoms with Crippen LogP contribution >= 0.6 is 0 Å². The van der Waals surface area contributed by atoms with Crippen LogP contribution in [0, 0.1) is 0 Å². The Morgan fingerprint density at radius 1 is 1.53 bits per heavy atom. The van der Waals surface area contributed by atoms with Gasteiger partial charge in [-0.15, -0.1) is 0 Å². The maximum Gasteiger partial charge on any atom is 0.216 e. The summed E-state index contributed by atoms with van der Waals surface area (Å²) in [5.41, 5.74) is 0.844. The number of benzene rings is 1. The summed E-state index contributed by atoms with van der Waals surface area (Å²) < 4.78 is 10.9. The Kier molecular flexibility index (Phi) is 5.99. The van der Waals surface area contributed by atoms with E-state index in [-0.39, 0.29) is 11.9 Å². The van der Waals surface area contributed by atoms with E-state index in [1.54, 1.807) is 7.11 Å². The first-order chi connectivity index (χ1) is 9.20. The topological polar surface area (TPSA) is 59.6 Å². The first-order valence-electron chi connectivity index (χ1n) is 6.51. The zero-order valence-corrected chi connectivity index (χ0v) is 11.9. The Bertz CT molecular complexity index is 407. The highest BCUT2D eigenvalue weighted by Gasteiger charge is 2.21. The number of hydrogen-bond acceptors (Lipinski definition) is 4. The number of carbonyl (C=O) groups excluding carboxylic acids is 1. The Morgan fingerprint density at radius 2 is 2.26 bits per heavy atom. The van der Waals surface area contributed by atoms with Crippen molar-refractivity contribution in [3.05, 3.63) is 18.2 Å². The van der Waals surface area contributed by atoms with Crippen molar-refractivity contribution in [2.75, 3.05) is 25.6 Å². The summed E-state index contributed by atoms with van der Waals surface area (Å²) in [5, 5.41) is 6.07. The number of nitrogens with one attached hydrogen (secondary N) is 2. The van der Waals surface area contributed by atoms with Crippen LogP contribution in [0.1, 0.15) is 20.8 Å². The number of amides is 1. The number of anilines is 1. The molecule has 1 aliphatic heterocycles. The smallest absolute Gasteiger partial charge is 0.216 e. The minimum Gasteiger partial charge on any atom is -0.494 e. The Balaban J connectivity index is 0.000000861. The molecule has 2 rings (SSSR count). The molecular formula is C14H22N2O3. The predicted octanol–water partition coefficient (Wildman–Crippen LogP) is 2.03. The van der Waals surface area contributed by atoms with Gasteiger partial charge in [0.05, 0.1) is 13.2 Å². The second-order valence-corrected chi connectivity index (χ2v) is 3.92. The van der Waals surface area contributed by atoms with Crippen molar-refractivity contribution in [2.24, 2.45) is 0 Å². The van der Waals surface area contributed by atoms with Gasteiger partial charge in [-0.1, -0.05) is 19.9 Å². The quantitative estimate of drug-likeness (QED) is 0.879. The van der Waals surface area contributed by atoms with E-state index in [1.165, 1.54) is 6.92 Å². The number of para-hydroxylation sites is 1. The number of methoxy groups -OCH3 is 1. The van der Waals surface area contributed by atoms with Gasteiger partial charge in [0, 0.05) is 13.5 Å². The van der Waals surface area contributed by atoms with E-state index in [1.807, 2.05) is 32.0 Å². The SMILES string of the molecule is CC.COc1cccc2c1NC(CNC(C)=O)CO2. The molecule has 1 unspecified atom stereocenters. The van der Waals surface area contributed by atoms with Crippen LogP contribution in [-0.2, 0) is 4.79 Å². The maximum atomic E-state index is 10.9. The molecule has 106 valence electrons. The number of ether oxygens (including phenoxy) is 2. The van der Waals surface area contributed by atoms with Crippen molar-refractivity contribution in [3.63, 3.8) is 0 Å². The fraction of sp³-hybridized carbons (Fsp3) is 0.500. The van der Waals surface area contributed by atoms with Crippen LogP contribution in [0.4, 0.5) is 5.69 Å². The van der Waals surface area contributed by atoms with Crippen LogP contribution in [0.15, 0.2) is 18.2 Å². The molecule has 1 atom stereocenters. The molecule has 0 saturated carbocycles. The molecule has 1 aliphatic rings. The van der Waals surface area contributed by atoms with Crippen LogP contribution in [-0.4, -0.2) is 32.2 Å². The molecule has 0 fully saturated rings. The van der Waals surface area contributed by atoms with Crippen molar-refractivity contribution < 1.29 is 14.3 Å². The summed E-state index contributed by atoms with van der Waals surface area (Å²) in [6.45, 7) is 6.56. The monoisotopic (exact) mass is 266 g/mol. The second kappa shape index (κ2) is 7.51. The molecule has 1 aromatic carbocycles. The fourth-order valence-electron chi connectivity index (χ4n) is 1.76. The lowest BCUT2D eigenvalue weighted by Crippen LogP contribution is -2.41. The standard InChI is InChI=1S/C12H16N2O3.C2H6/c1-8(15)13-6-9-7-17-11-5-3-4-10(16-2)12(11)14-9;1-2/h3-5,9,14H,6-7H2,1-2H3,(H,13,15);1-2H3. The molecule has 5 nitrogen and oxygen atoms in total. The average molecular weight is 266 g/mol. The Morgan fingerprint density at radius 3 is 2.89 bits per heavy atom. The molecule has 1 heterocycles. The molecule has 0 spiro atoms. The van der Waals surface area contributed by atoms with Crippen molar-refractivity contribution >= 4 is 11.6 Å². The van der Waals surface area contributed by atoms with E-state index >= 15 is 0 Å². The third-order valence-electron chi connectivity index (χ3n) is 2.59. The van der Waals surface area contributed by atoms with Crippen LogP contribution in [0.5, 0.6) is 11.5 Å². The van der Waals surface area contributed by atoms with Crippen LogP contribution < -0.4 is 20.1 Å². The van der Waals surface area contributed by atoms with Crippen molar-refractivity contribution in [1.82, 2.24) is 5.32 Å². The van der Waals surface area contributed by atoms with Crippen LogP contribution in [0.25, 0.3) is 0 Å². The first kappa shape index (κ1) is 15.1. The molecule has 5 heteroatoms. The van der Waals surface area contributed by atoms with Crippen molar-refractivity contribution in [2.45, 2.75) is 26.8 Å². The molecular weight excluding hydrogens is 244 g/mol. The lowest BCUT2D eigenvalue weighted by molar-refractivity contribution is -0.119. The summed E-state index contributed by atoms with van der Waals surface area (Å²) in [6, 6.07) is 5.70. The minimum atomic E-state index is -0.0439. The molecule has 0 bridgehead atoms. The predicted molar refractivity (Wildman–Crippen MR) is 75.9 cm³/mol. The van der Waals surface area contributed by atoms with Gasteiger partial charge < -0.3 is 20.1 Å². The molecule has 2 N–H and O–H groups in total. The summed E-state index contributed by atoms with van der Waals surface area (Å²) in [7, 11) is 1.62. The van der Waals surface area contributed by atoms with Gasteiger partial charge in [-0.3, -0.25) is 4.79 Å². The molecule has 0 aliphatic carbocycles. The highest BCUT2D eigenvalue weighted by atomic mass is 16.5. The zero-order valence-electron chi connectivity index (χ0n) is 11.9. The van der Waals surface area contributed by atoms with E-state index < -0.39 is 0 Å². The summed E-state index contributed by atoms with van der Waals surface area (Å²) in [4.78, 5) is 10.9. The van der Waals surface area contributed by atoms with E-state index in [9.17, 15) is 4.79 Å². The van der Waals surface area contributed by atoms with E-state index in [2.05, 4.69) is 10.6 Å². The fourth-order valence-corrected chi connectivity index (χ4v) is 1.76. The van der Waals surface area contributed by atoms with Crippen molar-refractivity contribution in [1.29, 1.82) is 0 Å². The molecule has 1 amide bonds. The Hall–Kier alpha value is -1.91. The first-order valence-corrected chi connectivity index (χ1v) is 6.51. The van der Waals surface area contributed by atoms with Gasteiger partial charge in [0.2, 0.25) is 5.91 Å². The molecule has 0 saturated heterocycles. The normalized spacial score (nSPS) is 15.9. The van der Waals surface area contributed by atoms with E-state index in [4.69, 9.17) is 9.47 Å². The molecule has 19 heavy (non-hydrogen) atoms. The number of fused-ring (bicyclic) bond motifs is 1. The summed E-state index contributed by atoms with van der Waals surface area (Å²) in [6.07, 6.45) is 0. The lowest BCUT2D eigenvalue weighted by atomic mass is 10.2. The van der Waals surface area contributed by atoms with Crippen LogP contribution in [0.3, 0.4) is 0 Å². The van der Waals surface area contributed by atoms with Gasteiger partial charge in [-0.25, -0.2) is 0 Å². The number of carbonyl (C=O) groups is 1. The largest absolute Gasteiger partial charge is 0.494 e. The minimum absolute atomic E-state index is 0.0439. The Labute approximate surface area is 114 Å². The zero-order chi connectivity index (χ0) is 14.3. The number of hydrogen-bond donors (Lipinski definition) is 2.